The van der Waals surface area contributed by atoms with E-state index < -0.39 is 0 Å². The number of halogens is 1. The molecule has 0 radical (unpaired) electrons. The van der Waals surface area contributed by atoms with E-state index in [0.717, 1.165) is 48.5 Å². The highest BCUT2D eigenvalue weighted by molar-refractivity contribution is 6.30. The smallest absolute Gasteiger partial charge is 0.159 e. The largest absolute Gasteiger partial charge is 0.298 e. The number of nitrogens with zero attached hydrogens (tertiary/aromatic N) is 3. The standard InChI is InChI=1S/C20H20ClN3/c1-14-10-16-11-17-13-24(8-6-15-2-4-18(21)5-3-15)9-7-19(17)23-20(16)22-12-14/h2-5,10-12H,6-9,13H2,1H3. The molecular formula is C20H20ClN3. The summed E-state index contributed by atoms with van der Waals surface area (Å²) in [4.78, 5) is 11.7. The molecule has 122 valence electrons. The van der Waals surface area contributed by atoms with E-state index in [2.05, 4.69) is 41.1 Å². The monoisotopic (exact) mass is 337 g/mol. The molecule has 0 bridgehead atoms. The van der Waals surface area contributed by atoms with Crippen molar-refractivity contribution in [1.82, 2.24) is 14.9 Å². The van der Waals surface area contributed by atoms with Gasteiger partial charge in [-0.1, -0.05) is 23.7 Å². The molecule has 1 aliphatic heterocycles. The van der Waals surface area contributed by atoms with Gasteiger partial charge in [0.25, 0.3) is 0 Å². The van der Waals surface area contributed by atoms with Gasteiger partial charge in [-0.2, -0.15) is 0 Å². The number of hydrogen-bond donors (Lipinski definition) is 0. The van der Waals surface area contributed by atoms with Gasteiger partial charge in [0.15, 0.2) is 5.65 Å². The van der Waals surface area contributed by atoms with E-state index in [1.165, 1.54) is 22.4 Å². The molecule has 4 heteroatoms. The Kier molecular flexibility index (Phi) is 4.21. The normalized spacial score (nSPS) is 14.8. The van der Waals surface area contributed by atoms with Gasteiger partial charge >= 0.3 is 0 Å². The zero-order chi connectivity index (χ0) is 16.5. The van der Waals surface area contributed by atoms with Gasteiger partial charge in [-0.25, -0.2) is 9.97 Å². The highest BCUT2D eigenvalue weighted by Crippen LogP contribution is 2.22. The quantitative estimate of drug-likeness (QED) is 0.717. The molecule has 0 unspecified atom stereocenters. The first-order valence-electron chi connectivity index (χ1n) is 8.39. The molecule has 3 aromatic rings. The van der Waals surface area contributed by atoms with Gasteiger partial charge in [0.05, 0.1) is 0 Å². The molecule has 0 aliphatic carbocycles. The van der Waals surface area contributed by atoms with Gasteiger partial charge in [0.1, 0.15) is 0 Å². The van der Waals surface area contributed by atoms with Gasteiger partial charge in [0, 0.05) is 48.4 Å². The first-order chi connectivity index (χ1) is 11.7. The summed E-state index contributed by atoms with van der Waals surface area (Å²) in [5.41, 5.74) is 5.94. The van der Waals surface area contributed by atoms with Gasteiger partial charge in [-0.05, 0) is 54.3 Å². The SMILES string of the molecule is Cc1cnc2nc3c(cc2c1)CN(CCc1ccc(Cl)cc1)CC3. The van der Waals surface area contributed by atoms with Crippen LogP contribution in [0.4, 0.5) is 0 Å². The van der Waals surface area contributed by atoms with E-state index in [4.69, 9.17) is 16.6 Å². The van der Waals surface area contributed by atoms with Crippen LogP contribution in [0.5, 0.6) is 0 Å². The zero-order valence-electron chi connectivity index (χ0n) is 13.8. The van der Waals surface area contributed by atoms with Crippen molar-refractivity contribution in [2.75, 3.05) is 13.1 Å². The third-order valence-corrected chi connectivity index (χ3v) is 4.91. The Bertz CT molecular complexity index is 874. The highest BCUT2D eigenvalue weighted by Gasteiger charge is 2.18. The van der Waals surface area contributed by atoms with Crippen LogP contribution in [-0.4, -0.2) is 28.0 Å². The Morgan fingerprint density at radius 2 is 2.00 bits per heavy atom. The van der Waals surface area contributed by atoms with E-state index >= 15 is 0 Å². The Labute approximate surface area is 147 Å². The number of rotatable bonds is 3. The Morgan fingerprint density at radius 1 is 1.17 bits per heavy atom. The summed E-state index contributed by atoms with van der Waals surface area (Å²) in [5, 5.41) is 1.95. The van der Waals surface area contributed by atoms with Gasteiger partial charge in [-0.3, -0.25) is 4.90 Å². The minimum absolute atomic E-state index is 0.799. The topological polar surface area (TPSA) is 29.0 Å². The van der Waals surface area contributed by atoms with E-state index in [0.29, 0.717) is 0 Å². The van der Waals surface area contributed by atoms with E-state index in [1.807, 2.05) is 18.3 Å². The fourth-order valence-corrected chi connectivity index (χ4v) is 3.45. The summed E-state index contributed by atoms with van der Waals surface area (Å²) in [6.45, 7) is 5.17. The summed E-state index contributed by atoms with van der Waals surface area (Å²) in [6.07, 6.45) is 3.94. The highest BCUT2D eigenvalue weighted by atomic mass is 35.5. The third-order valence-electron chi connectivity index (χ3n) is 4.66. The summed E-state index contributed by atoms with van der Waals surface area (Å²) in [7, 11) is 0. The lowest BCUT2D eigenvalue weighted by Gasteiger charge is -2.28. The average molecular weight is 338 g/mol. The van der Waals surface area contributed by atoms with Crippen molar-refractivity contribution >= 4 is 22.6 Å². The Balaban J connectivity index is 1.49. The molecule has 1 aliphatic rings. The number of pyridine rings is 2. The molecule has 0 N–H and O–H groups in total. The number of benzene rings is 1. The fraction of sp³-hybridized carbons (Fsp3) is 0.300. The number of hydrogen-bond acceptors (Lipinski definition) is 3. The van der Waals surface area contributed by atoms with Crippen molar-refractivity contribution in [3.8, 4) is 0 Å². The predicted molar refractivity (Wildman–Crippen MR) is 98.4 cm³/mol. The molecule has 1 aromatic carbocycles. The third kappa shape index (κ3) is 3.28. The zero-order valence-corrected chi connectivity index (χ0v) is 14.6. The number of aryl methyl sites for hydroxylation is 1. The second-order valence-corrected chi connectivity index (χ2v) is 6.99. The maximum absolute atomic E-state index is 5.95. The van der Waals surface area contributed by atoms with Crippen molar-refractivity contribution in [3.63, 3.8) is 0 Å². The summed E-state index contributed by atoms with van der Waals surface area (Å²) in [6, 6.07) is 12.6. The number of fused-ring (bicyclic) bond motifs is 2. The second-order valence-electron chi connectivity index (χ2n) is 6.56. The maximum atomic E-state index is 5.95. The number of aromatic nitrogens is 2. The molecule has 0 spiro atoms. The van der Waals surface area contributed by atoms with Crippen LogP contribution in [0.25, 0.3) is 11.0 Å². The fourth-order valence-electron chi connectivity index (χ4n) is 3.32. The molecule has 4 rings (SSSR count). The van der Waals surface area contributed by atoms with Crippen LogP contribution in [-0.2, 0) is 19.4 Å². The minimum atomic E-state index is 0.799. The lowest BCUT2D eigenvalue weighted by Crippen LogP contribution is -2.32. The molecule has 0 fully saturated rings. The van der Waals surface area contributed by atoms with Crippen LogP contribution < -0.4 is 0 Å². The predicted octanol–water partition coefficient (Wildman–Crippen LogP) is 4.19. The van der Waals surface area contributed by atoms with Crippen LogP contribution in [0.2, 0.25) is 5.02 Å². The maximum Gasteiger partial charge on any atom is 0.159 e. The van der Waals surface area contributed by atoms with Gasteiger partial charge < -0.3 is 0 Å². The van der Waals surface area contributed by atoms with E-state index in [9.17, 15) is 0 Å². The van der Waals surface area contributed by atoms with Crippen molar-refractivity contribution in [3.05, 3.63) is 70.0 Å². The Hall–Kier alpha value is -1.97. The molecule has 3 nitrogen and oxygen atoms in total. The second kappa shape index (κ2) is 6.50. The summed E-state index contributed by atoms with van der Waals surface area (Å²) < 4.78 is 0. The van der Waals surface area contributed by atoms with Crippen LogP contribution >= 0.6 is 11.6 Å². The van der Waals surface area contributed by atoms with Crippen molar-refractivity contribution < 1.29 is 0 Å². The molecule has 0 saturated heterocycles. The molecule has 0 saturated carbocycles. The Morgan fingerprint density at radius 3 is 2.83 bits per heavy atom. The summed E-state index contributed by atoms with van der Waals surface area (Å²) >= 11 is 5.95. The van der Waals surface area contributed by atoms with Crippen LogP contribution in [0, 0.1) is 6.92 Å². The van der Waals surface area contributed by atoms with Gasteiger partial charge in [0.2, 0.25) is 0 Å². The van der Waals surface area contributed by atoms with E-state index in [-0.39, 0.29) is 0 Å². The van der Waals surface area contributed by atoms with Crippen LogP contribution in [0.15, 0.2) is 42.6 Å². The average Bonchev–Trinajstić information content (AvgIpc) is 2.59. The molecule has 0 atom stereocenters. The van der Waals surface area contributed by atoms with Gasteiger partial charge in [-0.15, -0.1) is 0 Å². The lowest BCUT2D eigenvalue weighted by molar-refractivity contribution is 0.255. The first kappa shape index (κ1) is 15.6. The lowest BCUT2D eigenvalue weighted by atomic mass is 10.0. The minimum Gasteiger partial charge on any atom is -0.298 e. The van der Waals surface area contributed by atoms with Crippen LogP contribution in [0.3, 0.4) is 0 Å². The van der Waals surface area contributed by atoms with Crippen molar-refractivity contribution in [2.24, 2.45) is 0 Å². The first-order valence-corrected chi connectivity index (χ1v) is 8.77. The summed E-state index contributed by atoms with van der Waals surface area (Å²) in [5.74, 6) is 0. The molecule has 24 heavy (non-hydrogen) atoms. The van der Waals surface area contributed by atoms with E-state index in [1.54, 1.807) is 0 Å². The van der Waals surface area contributed by atoms with Crippen LogP contribution in [0.1, 0.15) is 22.4 Å². The molecule has 3 heterocycles. The molecule has 0 amide bonds. The van der Waals surface area contributed by atoms with Crippen molar-refractivity contribution in [1.29, 1.82) is 0 Å². The van der Waals surface area contributed by atoms with Crippen molar-refractivity contribution in [2.45, 2.75) is 26.3 Å². The molecular weight excluding hydrogens is 318 g/mol. The molecule has 2 aromatic heterocycles.